The van der Waals surface area contributed by atoms with Crippen molar-refractivity contribution < 1.29 is 0 Å². The third-order valence-electron chi connectivity index (χ3n) is 2.90. The van der Waals surface area contributed by atoms with E-state index in [-0.39, 0.29) is 0 Å². The van der Waals surface area contributed by atoms with Gasteiger partial charge in [0.25, 0.3) is 0 Å². The molecule has 1 aromatic heterocycles. The summed E-state index contributed by atoms with van der Waals surface area (Å²) in [6, 6.07) is 14.0. The van der Waals surface area contributed by atoms with E-state index in [4.69, 9.17) is 11.6 Å². The number of halogens is 2. The van der Waals surface area contributed by atoms with Gasteiger partial charge in [-0.05, 0) is 17.5 Å². The Morgan fingerprint density at radius 1 is 0.944 bits per heavy atom. The zero-order valence-corrected chi connectivity index (χ0v) is 11.7. The molecule has 0 aliphatic rings. The molecule has 0 radical (unpaired) electrons. The van der Waals surface area contributed by atoms with Gasteiger partial charge in [-0.3, -0.25) is 4.98 Å². The summed E-state index contributed by atoms with van der Waals surface area (Å²) in [4.78, 5) is 4.29. The minimum Gasteiger partial charge on any atom is -0.263 e. The zero-order valence-electron chi connectivity index (χ0n) is 9.40. The van der Waals surface area contributed by atoms with E-state index >= 15 is 0 Å². The largest absolute Gasteiger partial charge is 0.263 e. The number of aromatic nitrogens is 1. The molecule has 0 atom stereocenters. The van der Waals surface area contributed by atoms with Crippen LogP contribution in [0.15, 0.2) is 59.3 Å². The molecule has 0 saturated carbocycles. The first-order chi connectivity index (χ1) is 8.77. The fourth-order valence-electron chi connectivity index (χ4n) is 2.07. The molecule has 0 fully saturated rings. The van der Waals surface area contributed by atoms with Gasteiger partial charge in [0.05, 0.1) is 0 Å². The number of fused-ring (bicyclic) bond motifs is 1. The Balaban J connectivity index is 2.39. The molecule has 0 aliphatic heterocycles. The van der Waals surface area contributed by atoms with Crippen LogP contribution in [0.3, 0.4) is 0 Å². The average Bonchev–Trinajstić information content (AvgIpc) is 2.39. The number of benzene rings is 2. The number of pyridine rings is 1. The van der Waals surface area contributed by atoms with Gasteiger partial charge < -0.3 is 0 Å². The number of rotatable bonds is 1. The van der Waals surface area contributed by atoms with Crippen molar-refractivity contribution in [2.45, 2.75) is 0 Å². The molecule has 0 amide bonds. The lowest BCUT2D eigenvalue weighted by Crippen LogP contribution is -1.86. The maximum atomic E-state index is 6.31. The van der Waals surface area contributed by atoms with Gasteiger partial charge in [0, 0.05) is 38.4 Å². The Morgan fingerprint density at radius 2 is 1.78 bits per heavy atom. The summed E-state index contributed by atoms with van der Waals surface area (Å²) in [5.74, 6) is 0. The molecule has 3 heteroatoms. The minimum absolute atomic E-state index is 0.725. The predicted octanol–water partition coefficient (Wildman–Crippen LogP) is 5.32. The van der Waals surface area contributed by atoms with Crippen LogP contribution in [0, 0.1) is 0 Å². The highest BCUT2D eigenvalue weighted by atomic mass is 79.9. The van der Waals surface area contributed by atoms with E-state index in [9.17, 15) is 0 Å². The van der Waals surface area contributed by atoms with Gasteiger partial charge in [0.15, 0.2) is 0 Å². The molecule has 0 aliphatic carbocycles. The SMILES string of the molecule is Clc1cccc(Br)c1-c1cncc2ccccc12. The summed E-state index contributed by atoms with van der Waals surface area (Å²) in [5.41, 5.74) is 2.04. The van der Waals surface area contributed by atoms with E-state index < -0.39 is 0 Å². The van der Waals surface area contributed by atoms with Crippen LogP contribution in [0.5, 0.6) is 0 Å². The Labute approximate surface area is 119 Å². The van der Waals surface area contributed by atoms with Gasteiger partial charge in [-0.25, -0.2) is 0 Å². The van der Waals surface area contributed by atoms with E-state index in [1.807, 2.05) is 42.7 Å². The monoisotopic (exact) mass is 317 g/mol. The molecular formula is C15H9BrClN. The second kappa shape index (κ2) is 4.71. The highest BCUT2D eigenvalue weighted by molar-refractivity contribution is 9.10. The molecule has 1 heterocycles. The second-order valence-electron chi connectivity index (χ2n) is 4.00. The molecule has 0 bridgehead atoms. The molecule has 0 unspecified atom stereocenters. The smallest absolute Gasteiger partial charge is 0.0496 e. The maximum absolute atomic E-state index is 6.31. The van der Waals surface area contributed by atoms with Crippen LogP contribution in [0.1, 0.15) is 0 Å². The Kier molecular flexibility index (Phi) is 3.06. The van der Waals surface area contributed by atoms with Crippen LogP contribution in [0.25, 0.3) is 21.9 Å². The van der Waals surface area contributed by atoms with Crippen LogP contribution in [0.4, 0.5) is 0 Å². The van der Waals surface area contributed by atoms with Gasteiger partial charge in [-0.1, -0.05) is 57.9 Å². The first-order valence-electron chi connectivity index (χ1n) is 5.54. The number of hydrogen-bond acceptors (Lipinski definition) is 1. The van der Waals surface area contributed by atoms with Crippen LogP contribution < -0.4 is 0 Å². The number of hydrogen-bond donors (Lipinski definition) is 0. The normalized spacial score (nSPS) is 10.8. The molecular weight excluding hydrogens is 310 g/mol. The lowest BCUT2D eigenvalue weighted by Gasteiger charge is -2.10. The van der Waals surface area contributed by atoms with E-state index in [1.165, 1.54) is 0 Å². The maximum Gasteiger partial charge on any atom is 0.0496 e. The summed E-state index contributed by atoms with van der Waals surface area (Å²) in [6.07, 6.45) is 3.72. The average molecular weight is 319 g/mol. The van der Waals surface area contributed by atoms with Crippen molar-refractivity contribution in [3.63, 3.8) is 0 Å². The highest BCUT2D eigenvalue weighted by Crippen LogP contribution is 2.37. The standard InChI is InChI=1S/C15H9BrClN/c16-13-6-3-7-14(17)15(13)12-9-18-8-10-4-1-2-5-11(10)12/h1-9H. The van der Waals surface area contributed by atoms with Crippen molar-refractivity contribution in [2.75, 3.05) is 0 Å². The van der Waals surface area contributed by atoms with Gasteiger partial charge in [-0.15, -0.1) is 0 Å². The molecule has 3 aromatic rings. The van der Waals surface area contributed by atoms with Gasteiger partial charge in [-0.2, -0.15) is 0 Å². The molecule has 2 aromatic carbocycles. The molecule has 18 heavy (non-hydrogen) atoms. The summed E-state index contributed by atoms with van der Waals surface area (Å²) in [7, 11) is 0. The first-order valence-corrected chi connectivity index (χ1v) is 6.71. The molecule has 0 N–H and O–H groups in total. The van der Waals surface area contributed by atoms with E-state index in [2.05, 4.69) is 33.0 Å². The van der Waals surface area contributed by atoms with E-state index in [0.717, 1.165) is 31.4 Å². The number of nitrogens with zero attached hydrogens (tertiary/aromatic N) is 1. The van der Waals surface area contributed by atoms with Crippen molar-refractivity contribution >= 4 is 38.3 Å². The predicted molar refractivity (Wildman–Crippen MR) is 79.9 cm³/mol. The third kappa shape index (κ3) is 1.92. The molecule has 0 spiro atoms. The molecule has 1 nitrogen and oxygen atoms in total. The Hall–Kier alpha value is -1.38. The van der Waals surface area contributed by atoms with Crippen LogP contribution in [0.2, 0.25) is 5.02 Å². The van der Waals surface area contributed by atoms with Crippen molar-refractivity contribution in [2.24, 2.45) is 0 Å². The van der Waals surface area contributed by atoms with Gasteiger partial charge in [0.2, 0.25) is 0 Å². The van der Waals surface area contributed by atoms with Gasteiger partial charge in [0.1, 0.15) is 0 Å². The van der Waals surface area contributed by atoms with Crippen molar-refractivity contribution in [1.29, 1.82) is 0 Å². The van der Waals surface area contributed by atoms with E-state index in [1.54, 1.807) is 0 Å². The molecule has 3 rings (SSSR count). The van der Waals surface area contributed by atoms with Crippen molar-refractivity contribution in [1.82, 2.24) is 4.98 Å². The minimum atomic E-state index is 0.725. The quantitative estimate of drug-likeness (QED) is 0.592. The first kappa shape index (κ1) is 11.7. The Morgan fingerprint density at radius 3 is 2.61 bits per heavy atom. The van der Waals surface area contributed by atoms with Gasteiger partial charge >= 0.3 is 0 Å². The Bertz CT molecular complexity index is 699. The summed E-state index contributed by atoms with van der Waals surface area (Å²) in [6.45, 7) is 0. The van der Waals surface area contributed by atoms with Crippen LogP contribution >= 0.6 is 27.5 Å². The lowest BCUT2D eigenvalue weighted by atomic mass is 10.0. The van der Waals surface area contributed by atoms with E-state index in [0.29, 0.717) is 0 Å². The topological polar surface area (TPSA) is 12.9 Å². The summed E-state index contributed by atoms with van der Waals surface area (Å²) in [5, 5.41) is 2.99. The fraction of sp³-hybridized carbons (Fsp3) is 0. The van der Waals surface area contributed by atoms with Crippen molar-refractivity contribution in [3.05, 3.63) is 64.4 Å². The third-order valence-corrected chi connectivity index (χ3v) is 3.88. The fourth-order valence-corrected chi connectivity index (χ4v) is 3.04. The van der Waals surface area contributed by atoms with Crippen LogP contribution in [-0.2, 0) is 0 Å². The summed E-state index contributed by atoms with van der Waals surface area (Å²) >= 11 is 9.86. The highest BCUT2D eigenvalue weighted by Gasteiger charge is 2.11. The summed E-state index contributed by atoms with van der Waals surface area (Å²) < 4.78 is 0.980. The lowest BCUT2D eigenvalue weighted by molar-refractivity contribution is 1.36. The molecule has 0 saturated heterocycles. The zero-order chi connectivity index (χ0) is 12.5. The molecule has 88 valence electrons. The second-order valence-corrected chi connectivity index (χ2v) is 5.27. The van der Waals surface area contributed by atoms with Crippen LogP contribution in [-0.4, -0.2) is 4.98 Å². The van der Waals surface area contributed by atoms with Crippen molar-refractivity contribution in [3.8, 4) is 11.1 Å².